The lowest BCUT2D eigenvalue weighted by atomic mass is 9.74. The number of benzene rings is 1. The van der Waals surface area contributed by atoms with E-state index in [9.17, 15) is 4.79 Å². The Morgan fingerprint density at radius 3 is 2.87 bits per heavy atom. The van der Waals surface area contributed by atoms with Crippen LogP contribution in [-0.2, 0) is 22.4 Å². The van der Waals surface area contributed by atoms with Crippen LogP contribution >= 0.6 is 0 Å². The molecule has 0 unspecified atom stereocenters. The van der Waals surface area contributed by atoms with Gasteiger partial charge in [0.15, 0.2) is 0 Å². The quantitative estimate of drug-likeness (QED) is 0.742. The maximum absolute atomic E-state index is 13.4. The van der Waals surface area contributed by atoms with Crippen molar-refractivity contribution in [2.75, 3.05) is 39.9 Å². The summed E-state index contributed by atoms with van der Waals surface area (Å²) in [6.07, 6.45) is 7.39. The highest BCUT2D eigenvalue weighted by molar-refractivity contribution is 5.83. The number of aromatic nitrogens is 1. The molecule has 3 heterocycles. The van der Waals surface area contributed by atoms with Crippen LogP contribution in [0.25, 0.3) is 0 Å². The Labute approximate surface area is 186 Å². The van der Waals surface area contributed by atoms with E-state index in [1.54, 1.807) is 6.20 Å². The Kier molecular flexibility index (Phi) is 7.36. The minimum absolute atomic E-state index is 0.162. The Morgan fingerprint density at radius 1 is 1.23 bits per heavy atom. The van der Waals surface area contributed by atoms with Crippen molar-refractivity contribution in [3.8, 4) is 0 Å². The third kappa shape index (κ3) is 5.72. The molecule has 0 spiro atoms. The Morgan fingerprint density at radius 2 is 2.10 bits per heavy atom. The molecule has 166 valence electrons. The molecule has 5 heteroatoms. The number of likely N-dealkylation sites (tertiary alicyclic amines) is 1. The van der Waals surface area contributed by atoms with E-state index < -0.39 is 0 Å². The summed E-state index contributed by atoms with van der Waals surface area (Å²) in [5, 5.41) is 3.20. The molecule has 0 aliphatic carbocycles. The molecule has 2 aliphatic heterocycles. The second-order valence-electron chi connectivity index (χ2n) is 9.24. The number of piperidine rings is 1. The molecule has 2 aliphatic rings. The first-order valence-corrected chi connectivity index (χ1v) is 11.7. The zero-order valence-corrected chi connectivity index (χ0v) is 18.7. The molecule has 0 bridgehead atoms. The molecule has 1 N–H and O–H groups in total. The Balaban J connectivity index is 1.43. The van der Waals surface area contributed by atoms with E-state index >= 15 is 0 Å². The average Bonchev–Trinajstić information content (AvgIpc) is 2.80. The normalized spacial score (nSPS) is 21.5. The van der Waals surface area contributed by atoms with Crippen LogP contribution in [0.3, 0.4) is 0 Å². The molecule has 4 rings (SSSR count). The topological polar surface area (TPSA) is 54.5 Å². The first-order valence-electron chi connectivity index (χ1n) is 11.7. The zero-order valence-electron chi connectivity index (χ0n) is 18.7. The van der Waals surface area contributed by atoms with Crippen molar-refractivity contribution in [2.24, 2.45) is 5.41 Å². The lowest BCUT2D eigenvalue weighted by Gasteiger charge is -2.36. The van der Waals surface area contributed by atoms with Gasteiger partial charge in [0, 0.05) is 44.6 Å². The highest BCUT2D eigenvalue weighted by Gasteiger charge is 2.40. The summed E-state index contributed by atoms with van der Waals surface area (Å²) >= 11 is 0. The van der Waals surface area contributed by atoms with Gasteiger partial charge in [-0.25, -0.2) is 0 Å². The summed E-state index contributed by atoms with van der Waals surface area (Å²) in [5.74, 6) is 0.756. The molecule has 31 heavy (non-hydrogen) atoms. The van der Waals surface area contributed by atoms with Crippen LogP contribution in [0.4, 0.5) is 0 Å². The number of pyridine rings is 1. The molecule has 2 saturated heterocycles. The molecular weight excluding hydrogens is 386 g/mol. The molecule has 0 radical (unpaired) electrons. The van der Waals surface area contributed by atoms with Crippen molar-refractivity contribution in [3.05, 3.63) is 65.5 Å². The van der Waals surface area contributed by atoms with E-state index in [0.29, 0.717) is 25.7 Å². The molecule has 1 aromatic heterocycles. The maximum Gasteiger partial charge on any atom is 0.226 e. The Bertz CT molecular complexity index is 849. The van der Waals surface area contributed by atoms with E-state index in [1.807, 2.05) is 18.2 Å². The summed E-state index contributed by atoms with van der Waals surface area (Å²) in [6.45, 7) is 4.24. The van der Waals surface area contributed by atoms with Gasteiger partial charge in [-0.05, 0) is 74.9 Å². The van der Waals surface area contributed by atoms with Crippen molar-refractivity contribution in [3.63, 3.8) is 0 Å². The third-order valence-electron chi connectivity index (χ3n) is 6.91. The second kappa shape index (κ2) is 10.4. The van der Waals surface area contributed by atoms with Gasteiger partial charge in [-0.1, -0.05) is 30.3 Å². The Hall–Kier alpha value is -2.24. The van der Waals surface area contributed by atoms with E-state index in [1.165, 1.54) is 30.5 Å². The van der Waals surface area contributed by atoms with Crippen LogP contribution in [0.5, 0.6) is 0 Å². The predicted octanol–water partition coefficient (Wildman–Crippen LogP) is 3.59. The van der Waals surface area contributed by atoms with Crippen LogP contribution in [0.15, 0.2) is 48.7 Å². The van der Waals surface area contributed by atoms with Crippen LogP contribution in [-0.4, -0.2) is 55.7 Å². The number of hydrogen-bond acceptors (Lipinski definition) is 4. The van der Waals surface area contributed by atoms with Gasteiger partial charge in [0.1, 0.15) is 0 Å². The number of hydrogen-bond donors (Lipinski definition) is 1. The second-order valence-corrected chi connectivity index (χ2v) is 9.24. The van der Waals surface area contributed by atoms with Crippen LogP contribution in [0, 0.1) is 5.41 Å². The predicted molar refractivity (Wildman–Crippen MR) is 123 cm³/mol. The van der Waals surface area contributed by atoms with Gasteiger partial charge in [-0.2, -0.15) is 0 Å². The van der Waals surface area contributed by atoms with E-state index in [2.05, 4.69) is 46.5 Å². The van der Waals surface area contributed by atoms with Gasteiger partial charge < -0.3 is 15.0 Å². The molecule has 2 aromatic rings. The zero-order chi connectivity index (χ0) is 21.5. The fraction of sp³-hybridized carbons (Fsp3) is 0.538. The summed E-state index contributed by atoms with van der Waals surface area (Å²) in [4.78, 5) is 20.1. The fourth-order valence-corrected chi connectivity index (χ4v) is 5.07. The van der Waals surface area contributed by atoms with Crippen LogP contribution in [0.2, 0.25) is 0 Å². The van der Waals surface area contributed by atoms with Gasteiger partial charge in [0.05, 0.1) is 5.41 Å². The smallest absolute Gasteiger partial charge is 0.226 e. The van der Waals surface area contributed by atoms with Crippen molar-refractivity contribution < 1.29 is 9.53 Å². The number of ether oxygens (including phenoxy) is 1. The molecule has 0 saturated carbocycles. The van der Waals surface area contributed by atoms with E-state index in [-0.39, 0.29) is 11.3 Å². The highest BCUT2D eigenvalue weighted by atomic mass is 16.5. The fourth-order valence-electron chi connectivity index (χ4n) is 5.07. The highest BCUT2D eigenvalue weighted by Crippen LogP contribution is 2.36. The largest absolute Gasteiger partial charge is 0.381 e. The van der Waals surface area contributed by atoms with Crippen molar-refractivity contribution in [2.45, 2.75) is 44.4 Å². The molecule has 2 fully saturated rings. The average molecular weight is 422 g/mol. The van der Waals surface area contributed by atoms with Crippen molar-refractivity contribution in [1.29, 1.82) is 0 Å². The number of carbonyl (C=O) groups excluding carboxylic acids is 1. The summed E-state index contributed by atoms with van der Waals surface area (Å²) in [5.41, 5.74) is 3.31. The summed E-state index contributed by atoms with van der Waals surface area (Å²) < 4.78 is 5.62. The first kappa shape index (κ1) is 22.0. The molecular formula is C26H35N3O2. The molecule has 1 amide bonds. The lowest BCUT2D eigenvalue weighted by Crippen LogP contribution is -2.46. The monoisotopic (exact) mass is 421 g/mol. The molecule has 1 atom stereocenters. The van der Waals surface area contributed by atoms with Gasteiger partial charge >= 0.3 is 0 Å². The van der Waals surface area contributed by atoms with Gasteiger partial charge in [-0.15, -0.1) is 0 Å². The number of carbonyl (C=O) groups is 1. The van der Waals surface area contributed by atoms with Gasteiger partial charge in [0.2, 0.25) is 5.91 Å². The van der Waals surface area contributed by atoms with Crippen molar-refractivity contribution >= 4 is 5.91 Å². The van der Waals surface area contributed by atoms with E-state index in [4.69, 9.17) is 4.74 Å². The van der Waals surface area contributed by atoms with Crippen LogP contribution in [0.1, 0.15) is 48.4 Å². The van der Waals surface area contributed by atoms with Crippen LogP contribution < -0.4 is 5.32 Å². The number of rotatable bonds is 7. The number of nitrogens with zero attached hydrogens (tertiary/aromatic N) is 2. The number of amides is 1. The van der Waals surface area contributed by atoms with E-state index in [0.717, 1.165) is 37.9 Å². The SMILES string of the molecule is CN1CCC[C@@H](c2cccc(CC3(C(=O)NCCc4ccccn4)CCOCC3)c2)C1. The third-order valence-corrected chi connectivity index (χ3v) is 6.91. The first-order chi connectivity index (χ1) is 15.1. The minimum Gasteiger partial charge on any atom is -0.381 e. The van der Waals surface area contributed by atoms with Crippen molar-refractivity contribution in [1.82, 2.24) is 15.2 Å². The number of likely N-dealkylation sites (N-methyl/N-ethyl adjacent to an activating group) is 1. The summed E-state index contributed by atoms with van der Waals surface area (Å²) in [7, 11) is 2.21. The van der Waals surface area contributed by atoms with Gasteiger partial charge in [-0.3, -0.25) is 9.78 Å². The number of nitrogens with one attached hydrogen (secondary N) is 1. The molecule has 1 aromatic carbocycles. The minimum atomic E-state index is -0.385. The standard InChI is InChI=1S/C26H35N3O2/c1-29-15-5-8-23(20-29)22-7-4-6-21(18-22)19-26(11-16-31-17-12-26)25(30)28-14-10-24-9-2-3-13-27-24/h2-4,6-7,9,13,18,23H,5,8,10-12,14-17,19-20H2,1H3,(H,28,30)/t23-/m1/s1. The lowest BCUT2D eigenvalue weighted by molar-refractivity contribution is -0.136. The molecule has 5 nitrogen and oxygen atoms in total. The van der Waals surface area contributed by atoms with Gasteiger partial charge in [0.25, 0.3) is 0 Å². The maximum atomic E-state index is 13.4. The summed E-state index contributed by atoms with van der Waals surface area (Å²) in [6, 6.07) is 14.9.